The zero-order valence-electron chi connectivity index (χ0n) is 16.7. The van der Waals surface area contributed by atoms with Gasteiger partial charge in [0.25, 0.3) is 0 Å². The number of nitrogens with one attached hydrogen (secondary N) is 2. The number of aliphatic imine (C=N–C) groups is 1. The van der Waals surface area contributed by atoms with Crippen molar-refractivity contribution in [1.82, 2.24) is 10.6 Å². The van der Waals surface area contributed by atoms with E-state index < -0.39 is 0 Å². The van der Waals surface area contributed by atoms with Gasteiger partial charge >= 0.3 is 0 Å². The van der Waals surface area contributed by atoms with Crippen molar-refractivity contribution in [2.75, 3.05) is 34.4 Å². The molecule has 0 aliphatic rings. The Bertz CT molecular complexity index is 514. The zero-order chi connectivity index (χ0) is 18.5. The largest absolute Gasteiger partial charge is 0.493 e. The Morgan fingerprint density at radius 3 is 2.15 bits per heavy atom. The average Bonchev–Trinajstić information content (AvgIpc) is 2.64. The SMILES string of the molecule is CCCCCCNC(=NC)NCc1cc(OC)c(OCC)c(OC)c1.I. The molecule has 0 aliphatic carbocycles. The Kier molecular flexibility index (Phi) is 14.0. The van der Waals surface area contributed by atoms with Crippen molar-refractivity contribution >= 4 is 29.9 Å². The predicted molar refractivity (Wildman–Crippen MR) is 118 cm³/mol. The molecular weight excluding hydrogens is 445 g/mol. The van der Waals surface area contributed by atoms with Crippen LogP contribution in [-0.2, 0) is 6.54 Å². The number of methoxy groups -OCH3 is 2. The van der Waals surface area contributed by atoms with E-state index in [2.05, 4.69) is 22.5 Å². The summed E-state index contributed by atoms with van der Waals surface area (Å²) in [6.07, 6.45) is 4.92. The summed E-state index contributed by atoms with van der Waals surface area (Å²) in [5, 5.41) is 6.66. The fourth-order valence-corrected chi connectivity index (χ4v) is 2.49. The van der Waals surface area contributed by atoms with Crippen LogP contribution in [0.2, 0.25) is 0 Å². The van der Waals surface area contributed by atoms with Gasteiger partial charge in [-0.2, -0.15) is 0 Å². The smallest absolute Gasteiger partial charge is 0.203 e. The first-order valence-corrected chi connectivity index (χ1v) is 9.02. The molecule has 0 unspecified atom stereocenters. The number of hydrogen-bond donors (Lipinski definition) is 2. The maximum Gasteiger partial charge on any atom is 0.203 e. The highest BCUT2D eigenvalue weighted by molar-refractivity contribution is 14.0. The highest BCUT2D eigenvalue weighted by atomic mass is 127. The molecule has 0 saturated carbocycles. The molecular formula is C19H34IN3O3. The molecule has 7 heteroatoms. The van der Waals surface area contributed by atoms with Crippen molar-refractivity contribution in [2.45, 2.75) is 46.1 Å². The molecule has 0 amide bonds. The third kappa shape index (κ3) is 8.33. The number of benzene rings is 1. The standard InChI is InChI=1S/C19H33N3O3.HI/c1-6-8-9-10-11-21-19(20-3)22-14-15-12-16(23-4)18(25-7-2)17(13-15)24-5;/h12-13H,6-11,14H2,1-5H3,(H2,20,21,22);1H. The first-order chi connectivity index (χ1) is 12.2. The molecule has 0 aromatic heterocycles. The van der Waals surface area contributed by atoms with Crippen LogP contribution in [0.25, 0.3) is 0 Å². The molecule has 0 saturated heterocycles. The van der Waals surface area contributed by atoms with Crippen molar-refractivity contribution in [2.24, 2.45) is 4.99 Å². The quantitative estimate of drug-likeness (QED) is 0.218. The van der Waals surface area contributed by atoms with E-state index in [0.29, 0.717) is 30.4 Å². The Labute approximate surface area is 175 Å². The lowest BCUT2D eigenvalue weighted by Gasteiger charge is -2.16. The van der Waals surface area contributed by atoms with Gasteiger partial charge in [-0.3, -0.25) is 4.99 Å². The summed E-state index contributed by atoms with van der Waals surface area (Å²) in [5.74, 6) is 2.76. The normalized spacial score (nSPS) is 10.7. The second-order valence-electron chi connectivity index (χ2n) is 5.68. The summed E-state index contributed by atoms with van der Waals surface area (Å²) in [5.41, 5.74) is 1.03. The molecule has 2 N–H and O–H groups in total. The van der Waals surface area contributed by atoms with E-state index in [1.54, 1.807) is 21.3 Å². The lowest BCUT2D eigenvalue weighted by atomic mass is 10.1. The van der Waals surface area contributed by atoms with Crippen LogP contribution in [0.3, 0.4) is 0 Å². The van der Waals surface area contributed by atoms with Crippen molar-refractivity contribution in [3.8, 4) is 17.2 Å². The van der Waals surface area contributed by atoms with Crippen LogP contribution < -0.4 is 24.8 Å². The Morgan fingerprint density at radius 2 is 1.65 bits per heavy atom. The van der Waals surface area contributed by atoms with Crippen LogP contribution in [0.5, 0.6) is 17.2 Å². The maximum atomic E-state index is 5.63. The van der Waals surface area contributed by atoms with Crippen LogP contribution >= 0.6 is 24.0 Å². The fraction of sp³-hybridized carbons (Fsp3) is 0.632. The molecule has 0 aliphatic heterocycles. The third-order valence-corrected chi connectivity index (χ3v) is 3.82. The molecule has 150 valence electrons. The highest BCUT2D eigenvalue weighted by Crippen LogP contribution is 2.38. The van der Waals surface area contributed by atoms with Crippen molar-refractivity contribution in [3.05, 3.63) is 17.7 Å². The van der Waals surface area contributed by atoms with Crippen molar-refractivity contribution < 1.29 is 14.2 Å². The summed E-state index contributed by atoms with van der Waals surface area (Å²) in [6.45, 7) is 6.25. The number of ether oxygens (including phenoxy) is 3. The van der Waals surface area contributed by atoms with Crippen LogP contribution in [0.15, 0.2) is 17.1 Å². The lowest BCUT2D eigenvalue weighted by Crippen LogP contribution is -2.37. The second-order valence-corrected chi connectivity index (χ2v) is 5.68. The predicted octanol–water partition coefficient (Wildman–Crippen LogP) is 3.97. The molecule has 0 atom stereocenters. The molecule has 1 aromatic rings. The number of rotatable bonds is 11. The molecule has 1 aromatic carbocycles. The molecule has 0 fully saturated rings. The maximum absolute atomic E-state index is 5.63. The molecule has 0 radical (unpaired) electrons. The number of halogens is 1. The van der Waals surface area contributed by atoms with E-state index in [-0.39, 0.29) is 24.0 Å². The molecule has 26 heavy (non-hydrogen) atoms. The van der Waals surface area contributed by atoms with Crippen molar-refractivity contribution in [1.29, 1.82) is 0 Å². The topological polar surface area (TPSA) is 64.1 Å². The van der Waals surface area contributed by atoms with Gasteiger partial charge in [-0.15, -0.1) is 24.0 Å². The van der Waals surface area contributed by atoms with E-state index in [9.17, 15) is 0 Å². The Balaban J connectivity index is 0.00000625. The minimum absolute atomic E-state index is 0. The van der Waals surface area contributed by atoms with Crippen LogP contribution in [0, 0.1) is 0 Å². The van der Waals surface area contributed by atoms with E-state index >= 15 is 0 Å². The first-order valence-electron chi connectivity index (χ1n) is 9.02. The summed E-state index contributed by atoms with van der Waals surface area (Å²) in [4.78, 5) is 4.26. The molecule has 1 rings (SSSR count). The summed E-state index contributed by atoms with van der Waals surface area (Å²) in [7, 11) is 5.04. The van der Waals surface area contributed by atoms with Gasteiger partial charge in [-0.25, -0.2) is 0 Å². The van der Waals surface area contributed by atoms with E-state index in [4.69, 9.17) is 14.2 Å². The number of hydrogen-bond acceptors (Lipinski definition) is 4. The summed E-state index contributed by atoms with van der Waals surface area (Å²) >= 11 is 0. The van der Waals surface area contributed by atoms with Gasteiger partial charge in [0.15, 0.2) is 17.5 Å². The summed E-state index contributed by atoms with van der Waals surface area (Å²) < 4.78 is 16.5. The molecule has 6 nitrogen and oxygen atoms in total. The van der Waals surface area contributed by atoms with Crippen LogP contribution in [0.1, 0.15) is 45.1 Å². The number of guanidine groups is 1. The minimum atomic E-state index is 0. The highest BCUT2D eigenvalue weighted by Gasteiger charge is 2.14. The van der Waals surface area contributed by atoms with E-state index in [0.717, 1.165) is 24.5 Å². The second kappa shape index (κ2) is 14.8. The molecule has 0 heterocycles. The first kappa shape index (κ1) is 24.6. The average molecular weight is 479 g/mol. The number of nitrogens with zero attached hydrogens (tertiary/aromatic N) is 1. The third-order valence-electron chi connectivity index (χ3n) is 3.82. The van der Waals surface area contributed by atoms with Gasteiger partial charge in [0.2, 0.25) is 5.75 Å². The Morgan fingerprint density at radius 1 is 1.00 bits per heavy atom. The van der Waals surface area contributed by atoms with Crippen LogP contribution in [-0.4, -0.2) is 40.4 Å². The monoisotopic (exact) mass is 479 g/mol. The van der Waals surface area contributed by atoms with E-state index in [1.807, 2.05) is 19.1 Å². The van der Waals surface area contributed by atoms with Gasteiger partial charge in [0, 0.05) is 20.1 Å². The molecule has 0 spiro atoms. The van der Waals surface area contributed by atoms with Gasteiger partial charge in [0.1, 0.15) is 0 Å². The van der Waals surface area contributed by atoms with Gasteiger partial charge < -0.3 is 24.8 Å². The van der Waals surface area contributed by atoms with Gasteiger partial charge in [-0.1, -0.05) is 26.2 Å². The van der Waals surface area contributed by atoms with Crippen molar-refractivity contribution in [3.63, 3.8) is 0 Å². The minimum Gasteiger partial charge on any atom is -0.493 e. The van der Waals surface area contributed by atoms with Crippen LogP contribution in [0.4, 0.5) is 0 Å². The zero-order valence-corrected chi connectivity index (χ0v) is 19.0. The Hall–Kier alpha value is -1.38. The van der Waals surface area contributed by atoms with Gasteiger partial charge in [-0.05, 0) is 31.0 Å². The van der Waals surface area contributed by atoms with Gasteiger partial charge in [0.05, 0.1) is 20.8 Å². The lowest BCUT2D eigenvalue weighted by molar-refractivity contribution is 0.288. The number of unbranched alkanes of at least 4 members (excludes halogenated alkanes) is 3. The van der Waals surface area contributed by atoms with E-state index in [1.165, 1.54) is 19.3 Å². The molecule has 0 bridgehead atoms. The fourth-order valence-electron chi connectivity index (χ4n) is 2.49. The summed E-state index contributed by atoms with van der Waals surface area (Å²) in [6, 6.07) is 3.91.